The third-order valence-corrected chi connectivity index (χ3v) is 7.07. The summed E-state index contributed by atoms with van der Waals surface area (Å²) in [6.07, 6.45) is 1.59. The maximum Gasteiger partial charge on any atom is 0.264 e. The lowest BCUT2D eigenvalue weighted by molar-refractivity contribution is -0.119. The minimum Gasteiger partial charge on any atom is -0.495 e. The van der Waals surface area contributed by atoms with Crippen molar-refractivity contribution in [2.45, 2.75) is 31.6 Å². The number of rotatable bonds is 10. The Morgan fingerprint density at radius 3 is 2.36 bits per heavy atom. The van der Waals surface area contributed by atoms with Crippen molar-refractivity contribution in [3.63, 3.8) is 0 Å². The molecule has 0 fully saturated rings. The van der Waals surface area contributed by atoms with Crippen LogP contribution >= 0.6 is 0 Å². The van der Waals surface area contributed by atoms with Crippen molar-refractivity contribution in [3.05, 3.63) is 89.5 Å². The molecule has 0 spiro atoms. The van der Waals surface area contributed by atoms with Crippen molar-refractivity contribution in [2.24, 2.45) is 0 Å². The molecule has 3 aromatic carbocycles. The summed E-state index contributed by atoms with van der Waals surface area (Å²) < 4.78 is 33.5. The molecule has 3 rings (SSSR count). The number of methoxy groups -OCH3 is 1. The Kier molecular flexibility index (Phi) is 8.11. The van der Waals surface area contributed by atoms with E-state index in [9.17, 15) is 13.2 Å². The number of para-hydroxylation sites is 2. The minimum absolute atomic E-state index is 0.117. The fourth-order valence-corrected chi connectivity index (χ4v) is 4.98. The molecule has 0 aromatic heterocycles. The first kappa shape index (κ1) is 24.3. The topological polar surface area (TPSA) is 75.7 Å². The van der Waals surface area contributed by atoms with Crippen LogP contribution in [-0.4, -0.2) is 34.5 Å². The van der Waals surface area contributed by atoms with Crippen molar-refractivity contribution in [2.75, 3.05) is 24.5 Å². The zero-order valence-electron chi connectivity index (χ0n) is 19.2. The van der Waals surface area contributed by atoms with Gasteiger partial charge in [-0.3, -0.25) is 9.10 Å². The number of carbonyl (C=O) groups excluding carboxylic acids is 1. The predicted octanol–water partition coefficient (Wildman–Crippen LogP) is 4.26. The van der Waals surface area contributed by atoms with Gasteiger partial charge in [0.2, 0.25) is 5.91 Å². The highest BCUT2D eigenvalue weighted by atomic mass is 32.2. The van der Waals surface area contributed by atoms with Crippen LogP contribution < -0.4 is 14.4 Å². The van der Waals surface area contributed by atoms with Crippen molar-refractivity contribution >= 4 is 21.6 Å². The van der Waals surface area contributed by atoms with Gasteiger partial charge >= 0.3 is 0 Å². The molecular formula is C26H30N2O4S. The number of carbonyl (C=O) groups is 1. The highest BCUT2D eigenvalue weighted by molar-refractivity contribution is 7.92. The molecule has 3 aromatic rings. The summed E-state index contributed by atoms with van der Waals surface area (Å²) in [4.78, 5) is 12.9. The Bertz CT molecular complexity index is 1190. The van der Waals surface area contributed by atoms with Crippen molar-refractivity contribution in [1.29, 1.82) is 0 Å². The number of aryl methyl sites for hydroxylation is 3. The maximum absolute atomic E-state index is 13.5. The van der Waals surface area contributed by atoms with Gasteiger partial charge in [0.05, 0.1) is 17.7 Å². The van der Waals surface area contributed by atoms with Crippen molar-refractivity contribution < 1.29 is 17.9 Å². The number of amides is 1. The average molecular weight is 467 g/mol. The van der Waals surface area contributed by atoms with Gasteiger partial charge in [-0.2, -0.15) is 0 Å². The summed E-state index contributed by atoms with van der Waals surface area (Å²) in [5.41, 5.74) is 3.67. The van der Waals surface area contributed by atoms with E-state index >= 15 is 0 Å². The fraction of sp³-hybridized carbons (Fsp3) is 0.269. The highest BCUT2D eigenvalue weighted by Gasteiger charge is 2.29. The third kappa shape index (κ3) is 6.35. The molecule has 0 heterocycles. The molecule has 0 aliphatic heterocycles. The van der Waals surface area contributed by atoms with Gasteiger partial charge in [-0.05, 0) is 56.5 Å². The number of nitrogens with zero attached hydrogens (tertiary/aromatic N) is 1. The van der Waals surface area contributed by atoms with Gasteiger partial charge < -0.3 is 10.1 Å². The number of nitrogens with one attached hydrogen (secondary N) is 1. The average Bonchev–Trinajstić information content (AvgIpc) is 2.80. The van der Waals surface area contributed by atoms with E-state index in [1.165, 1.54) is 18.2 Å². The summed E-state index contributed by atoms with van der Waals surface area (Å²) in [5.74, 6) is 0.00118. The smallest absolute Gasteiger partial charge is 0.264 e. The van der Waals surface area contributed by atoms with Crippen LogP contribution in [0.1, 0.15) is 23.1 Å². The first-order chi connectivity index (χ1) is 15.8. The molecule has 0 saturated carbocycles. The van der Waals surface area contributed by atoms with Gasteiger partial charge in [-0.25, -0.2) is 8.42 Å². The zero-order valence-corrected chi connectivity index (χ0v) is 20.1. The molecule has 1 N–H and O–H groups in total. The minimum atomic E-state index is -3.98. The van der Waals surface area contributed by atoms with E-state index < -0.39 is 10.0 Å². The van der Waals surface area contributed by atoms with Gasteiger partial charge in [0.25, 0.3) is 10.0 Å². The van der Waals surface area contributed by atoms with Gasteiger partial charge in [-0.15, -0.1) is 0 Å². The Balaban J connectivity index is 1.75. The maximum atomic E-state index is 13.5. The number of hydrogen-bond donors (Lipinski definition) is 1. The van der Waals surface area contributed by atoms with Crippen LogP contribution in [0, 0.1) is 13.8 Å². The van der Waals surface area contributed by atoms with E-state index in [1.807, 2.05) is 26.0 Å². The summed E-state index contributed by atoms with van der Waals surface area (Å²) >= 11 is 0. The summed E-state index contributed by atoms with van der Waals surface area (Å²) in [5, 5.41) is 2.85. The number of sulfonamides is 1. The van der Waals surface area contributed by atoms with E-state index in [4.69, 9.17) is 4.74 Å². The SMILES string of the molecule is COc1ccccc1N(CC(=O)NCCCc1cccc(C)c1)S(=O)(=O)c1ccc(C)cc1. The quantitative estimate of drug-likeness (QED) is 0.453. The summed E-state index contributed by atoms with van der Waals surface area (Å²) in [7, 11) is -2.51. The van der Waals surface area contributed by atoms with Crippen molar-refractivity contribution in [3.8, 4) is 5.75 Å². The van der Waals surface area contributed by atoms with Crippen molar-refractivity contribution in [1.82, 2.24) is 5.32 Å². The molecule has 0 radical (unpaired) electrons. The van der Waals surface area contributed by atoms with Crippen LogP contribution in [0.4, 0.5) is 5.69 Å². The number of anilines is 1. The second-order valence-corrected chi connectivity index (χ2v) is 9.80. The van der Waals surface area contributed by atoms with Crippen LogP contribution in [0.3, 0.4) is 0 Å². The van der Waals surface area contributed by atoms with E-state index in [0.717, 1.165) is 22.7 Å². The molecule has 0 atom stereocenters. The van der Waals surface area contributed by atoms with Gasteiger partial charge in [0.15, 0.2) is 0 Å². The summed E-state index contributed by atoms with van der Waals surface area (Å²) in [6, 6.07) is 21.6. The summed E-state index contributed by atoms with van der Waals surface area (Å²) in [6.45, 7) is 4.04. The molecule has 6 nitrogen and oxygen atoms in total. The lowest BCUT2D eigenvalue weighted by Gasteiger charge is -2.25. The monoisotopic (exact) mass is 466 g/mol. The molecule has 7 heteroatoms. The first-order valence-electron chi connectivity index (χ1n) is 10.9. The molecule has 0 aliphatic rings. The van der Waals surface area contributed by atoms with Gasteiger partial charge in [0.1, 0.15) is 12.3 Å². The normalized spacial score (nSPS) is 11.1. The van der Waals surface area contributed by atoms with E-state index in [-0.39, 0.29) is 17.3 Å². The Morgan fingerprint density at radius 2 is 1.67 bits per heavy atom. The number of ether oxygens (including phenoxy) is 1. The standard InChI is InChI=1S/C26H30N2O4S/c1-20-13-15-23(16-14-20)33(30,31)28(24-11-4-5-12-25(24)32-3)19-26(29)27-17-7-10-22-9-6-8-21(2)18-22/h4-6,8-9,11-16,18H,7,10,17,19H2,1-3H3,(H,27,29). The van der Waals surface area contributed by atoms with Crippen LogP contribution in [-0.2, 0) is 21.2 Å². The number of hydrogen-bond acceptors (Lipinski definition) is 4. The molecule has 33 heavy (non-hydrogen) atoms. The fourth-order valence-electron chi connectivity index (χ4n) is 3.55. The molecule has 1 amide bonds. The van der Waals surface area contributed by atoms with E-state index in [2.05, 4.69) is 17.4 Å². The van der Waals surface area contributed by atoms with Crippen LogP contribution in [0.2, 0.25) is 0 Å². The Hall–Kier alpha value is -3.32. The van der Waals surface area contributed by atoms with Gasteiger partial charge in [0, 0.05) is 6.54 Å². The van der Waals surface area contributed by atoms with Crippen LogP contribution in [0.5, 0.6) is 5.75 Å². The molecule has 0 saturated heterocycles. The van der Waals surface area contributed by atoms with Gasteiger partial charge in [-0.1, -0.05) is 59.7 Å². The third-order valence-electron chi connectivity index (χ3n) is 5.30. The molecule has 174 valence electrons. The molecule has 0 unspecified atom stereocenters. The largest absolute Gasteiger partial charge is 0.495 e. The molecule has 0 bridgehead atoms. The predicted molar refractivity (Wildman–Crippen MR) is 131 cm³/mol. The van der Waals surface area contributed by atoms with Crippen LogP contribution in [0.15, 0.2) is 77.7 Å². The van der Waals surface area contributed by atoms with E-state index in [1.54, 1.807) is 48.5 Å². The second kappa shape index (κ2) is 11.0. The highest BCUT2D eigenvalue weighted by Crippen LogP contribution is 2.32. The molecule has 0 aliphatic carbocycles. The first-order valence-corrected chi connectivity index (χ1v) is 12.3. The lowest BCUT2D eigenvalue weighted by atomic mass is 10.1. The Morgan fingerprint density at radius 1 is 0.939 bits per heavy atom. The zero-order chi connectivity index (χ0) is 23.8. The second-order valence-electron chi connectivity index (χ2n) is 7.94. The molecular weight excluding hydrogens is 436 g/mol. The van der Waals surface area contributed by atoms with Crippen LogP contribution in [0.25, 0.3) is 0 Å². The lowest BCUT2D eigenvalue weighted by Crippen LogP contribution is -2.41. The number of benzene rings is 3. The van der Waals surface area contributed by atoms with E-state index in [0.29, 0.717) is 18.0 Å². The Labute approximate surface area is 196 Å².